The van der Waals surface area contributed by atoms with Crippen molar-refractivity contribution in [2.24, 2.45) is 5.73 Å². The van der Waals surface area contributed by atoms with E-state index in [0.29, 0.717) is 0 Å². The van der Waals surface area contributed by atoms with Gasteiger partial charge >= 0.3 is 5.69 Å². The van der Waals surface area contributed by atoms with Gasteiger partial charge in [0.25, 0.3) is 11.5 Å². The monoisotopic (exact) mass is 304 g/mol. The van der Waals surface area contributed by atoms with Crippen molar-refractivity contribution in [2.75, 3.05) is 6.54 Å². The van der Waals surface area contributed by atoms with Crippen molar-refractivity contribution in [3.63, 3.8) is 0 Å². The number of amides is 1. The van der Waals surface area contributed by atoms with E-state index in [2.05, 4.69) is 22.1 Å². The van der Waals surface area contributed by atoms with Crippen LogP contribution in [-0.4, -0.2) is 22.4 Å². The number of nitrogens with one attached hydrogen (secondary N) is 3. The second kappa shape index (κ2) is 6.69. The third-order valence-electron chi connectivity index (χ3n) is 2.42. The Hall–Kier alpha value is -2.63. The van der Waals surface area contributed by atoms with Crippen molar-refractivity contribution >= 4 is 17.2 Å². The Kier molecular flexibility index (Phi) is 4.71. The highest BCUT2D eigenvalue weighted by Gasteiger charge is 2.08. The molecule has 0 saturated carbocycles. The van der Waals surface area contributed by atoms with Gasteiger partial charge in [-0.05, 0) is 6.07 Å². The summed E-state index contributed by atoms with van der Waals surface area (Å²) < 4.78 is 0. The molecule has 0 atom stereocenters. The van der Waals surface area contributed by atoms with Crippen molar-refractivity contribution in [2.45, 2.75) is 6.54 Å². The van der Waals surface area contributed by atoms with Crippen molar-refractivity contribution in [3.8, 4) is 11.8 Å². The van der Waals surface area contributed by atoms with Gasteiger partial charge in [0.15, 0.2) is 0 Å². The molecule has 8 heteroatoms. The molecule has 0 fully saturated rings. The van der Waals surface area contributed by atoms with E-state index in [0.717, 1.165) is 16.5 Å². The zero-order valence-electron chi connectivity index (χ0n) is 10.9. The Balaban J connectivity index is 2.02. The maximum atomic E-state index is 11.8. The molecule has 0 saturated heterocycles. The standard InChI is InChI=1S/C13H12N4O3S/c14-3-1-2-8-4-9(21-7-8)6-15-12(19)10-5-11(18)17-13(20)16-10/h4-5,7H,3,6,14H2,(H,15,19)(H2,16,17,18,20). The van der Waals surface area contributed by atoms with Gasteiger partial charge in [-0.25, -0.2) is 4.79 Å². The Labute approximate surface area is 123 Å². The Morgan fingerprint density at radius 3 is 2.86 bits per heavy atom. The minimum Gasteiger partial charge on any atom is -0.346 e. The molecule has 0 radical (unpaired) electrons. The Morgan fingerprint density at radius 2 is 2.14 bits per heavy atom. The lowest BCUT2D eigenvalue weighted by Gasteiger charge is -2.02. The fourth-order valence-corrected chi connectivity index (χ4v) is 2.30. The summed E-state index contributed by atoms with van der Waals surface area (Å²) in [6.45, 7) is 0.570. The molecule has 0 aliphatic carbocycles. The normalized spacial score (nSPS) is 9.76. The van der Waals surface area contributed by atoms with E-state index in [1.807, 2.05) is 16.4 Å². The summed E-state index contributed by atoms with van der Waals surface area (Å²) in [5.41, 5.74) is 4.69. The summed E-state index contributed by atoms with van der Waals surface area (Å²) in [7, 11) is 0. The van der Waals surface area contributed by atoms with Crippen LogP contribution >= 0.6 is 11.3 Å². The first-order valence-corrected chi connectivity index (χ1v) is 6.84. The van der Waals surface area contributed by atoms with E-state index in [1.165, 1.54) is 11.3 Å². The third-order valence-corrected chi connectivity index (χ3v) is 3.35. The van der Waals surface area contributed by atoms with Crippen LogP contribution in [0.1, 0.15) is 20.9 Å². The second-order valence-electron chi connectivity index (χ2n) is 3.99. The molecule has 7 nitrogen and oxygen atoms in total. The highest BCUT2D eigenvalue weighted by molar-refractivity contribution is 7.10. The smallest absolute Gasteiger partial charge is 0.326 e. The van der Waals surface area contributed by atoms with Crippen molar-refractivity contribution in [1.82, 2.24) is 15.3 Å². The fourth-order valence-electron chi connectivity index (χ4n) is 1.55. The SMILES string of the molecule is NCC#Cc1csc(CNC(=O)c2cc(=O)[nH]c(=O)[nH]2)c1. The van der Waals surface area contributed by atoms with Crippen LogP contribution in [0, 0.1) is 11.8 Å². The molecule has 0 aliphatic heterocycles. The molecular weight excluding hydrogens is 292 g/mol. The topological polar surface area (TPSA) is 121 Å². The maximum Gasteiger partial charge on any atom is 0.326 e. The van der Waals surface area contributed by atoms with Crippen molar-refractivity contribution in [3.05, 3.63) is 54.5 Å². The molecule has 2 rings (SSSR count). The molecule has 0 bridgehead atoms. The van der Waals surface area contributed by atoms with Crippen LogP contribution in [0.2, 0.25) is 0 Å². The minimum atomic E-state index is -0.719. The second-order valence-corrected chi connectivity index (χ2v) is 4.99. The average Bonchev–Trinajstić information content (AvgIpc) is 2.89. The highest BCUT2D eigenvalue weighted by Crippen LogP contribution is 2.13. The number of rotatable bonds is 3. The van der Waals surface area contributed by atoms with Crippen molar-refractivity contribution < 1.29 is 4.79 Å². The molecule has 2 heterocycles. The van der Waals surface area contributed by atoms with Crippen LogP contribution in [0.3, 0.4) is 0 Å². The summed E-state index contributed by atoms with van der Waals surface area (Å²) in [4.78, 5) is 39.2. The van der Waals surface area contributed by atoms with Gasteiger partial charge in [0, 0.05) is 21.9 Å². The molecule has 5 N–H and O–H groups in total. The minimum absolute atomic E-state index is 0.0801. The molecule has 21 heavy (non-hydrogen) atoms. The fraction of sp³-hybridized carbons (Fsp3) is 0.154. The number of carbonyl (C=O) groups excluding carboxylic acids is 1. The lowest BCUT2D eigenvalue weighted by atomic mass is 10.3. The summed E-state index contributed by atoms with van der Waals surface area (Å²) in [6, 6.07) is 2.87. The van der Waals surface area contributed by atoms with Crippen molar-refractivity contribution in [1.29, 1.82) is 0 Å². The molecule has 2 aromatic rings. The van der Waals surface area contributed by atoms with Gasteiger partial charge in [0.05, 0.1) is 13.1 Å². The van der Waals surface area contributed by atoms with E-state index in [9.17, 15) is 14.4 Å². The predicted molar refractivity (Wildman–Crippen MR) is 79.1 cm³/mol. The van der Waals surface area contributed by atoms with E-state index in [1.54, 1.807) is 0 Å². The molecule has 0 spiro atoms. The lowest BCUT2D eigenvalue weighted by molar-refractivity contribution is 0.0945. The summed E-state index contributed by atoms with van der Waals surface area (Å²) in [6.07, 6.45) is 0. The number of hydrogen-bond donors (Lipinski definition) is 4. The summed E-state index contributed by atoms with van der Waals surface area (Å²) >= 11 is 1.45. The quantitative estimate of drug-likeness (QED) is 0.564. The third kappa shape index (κ3) is 4.17. The molecule has 0 aromatic carbocycles. The summed E-state index contributed by atoms with van der Waals surface area (Å²) in [5.74, 6) is 5.10. The first-order chi connectivity index (χ1) is 10.1. The number of H-pyrrole nitrogens is 2. The van der Waals surface area contributed by atoms with Gasteiger partial charge in [-0.15, -0.1) is 11.3 Å². The Bertz CT molecular complexity index is 794. The van der Waals surface area contributed by atoms with Crippen LogP contribution in [0.25, 0.3) is 0 Å². The average molecular weight is 304 g/mol. The van der Waals surface area contributed by atoms with Crippen LogP contribution in [0.15, 0.2) is 27.1 Å². The van der Waals surface area contributed by atoms with Crippen LogP contribution < -0.4 is 22.3 Å². The Morgan fingerprint density at radius 1 is 1.33 bits per heavy atom. The van der Waals surface area contributed by atoms with Gasteiger partial charge in [0.2, 0.25) is 0 Å². The first-order valence-electron chi connectivity index (χ1n) is 5.96. The molecule has 0 aliphatic rings. The first kappa shape index (κ1) is 14.8. The molecular formula is C13H12N4O3S. The number of carbonyl (C=O) groups is 1. The van der Waals surface area contributed by atoms with Crippen LogP contribution in [-0.2, 0) is 6.54 Å². The van der Waals surface area contributed by atoms with Gasteiger partial charge < -0.3 is 16.0 Å². The number of aromatic amines is 2. The van der Waals surface area contributed by atoms with E-state index >= 15 is 0 Å². The molecule has 2 aromatic heterocycles. The summed E-state index contributed by atoms with van der Waals surface area (Å²) in [5, 5.41) is 4.48. The molecule has 1 amide bonds. The van der Waals surface area contributed by atoms with E-state index in [-0.39, 0.29) is 18.8 Å². The molecule has 0 unspecified atom stereocenters. The van der Waals surface area contributed by atoms with Crippen LogP contribution in [0.4, 0.5) is 0 Å². The van der Waals surface area contributed by atoms with Gasteiger partial charge in [-0.2, -0.15) is 0 Å². The number of thiophene rings is 1. The number of nitrogens with two attached hydrogens (primary N) is 1. The van der Waals surface area contributed by atoms with Gasteiger partial charge in [0.1, 0.15) is 5.69 Å². The van der Waals surface area contributed by atoms with E-state index in [4.69, 9.17) is 5.73 Å². The molecule has 108 valence electrons. The lowest BCUT2D eigenvalue weighted by Crippen LogP contribution is -2.30. The van der Waals surface area contributed by atoms with Gasteiger partial charge in [-0.1, -0.05) is 11.8 Å². The maximum absolute atomic E-state index is 11.8. The number of aromatic nitrogens is 2. The van der Waals surface area contributed by atoms with Gasteiger partial charge in [-0.3, -0.25) is 14.6 Å². The largest absolute Gasteiger partial charge is 0.346 e. The van der Waals surface area contributed by atoms with E-state index < -0.39 is 17.2 Å². The van der Waals surface area contributed by atoms with Crippen LogP contribution in [0.5, 0.6) is 0 Å². The highest BCUT2D eigenvalue weighted by atomic mass is 32.1. The number of hydrogen-bond acceptors (Lipinski definition) is 5. The predicted octanol–water partition coefficient (Wildman–Crippen LogP) is -0.635. The zero-order valence-corrected chi connectivity index (χ0v) is 11.7. The zero-order chi connectivity index (χ0) is 15.2.